The van der Waals surface area contributed by atoms with Crippen LogP contribution in [-0.4, -0.2) is 37.1 Å². The van der Waals surface area contributed by atoms with E-state index in [9.17, 15) is 4.79 Å². The molecule has 3 heteroatoms. The van der Waals surface area contributed by atoms with Crippen molar-refractivity contribution in [2.75, 3.05) is 26.3 Å². The van der Waals surface area contributed by atoms with Crippen molar-refractivity contribution >= 4 is 5.91 Å². The molecule has 1 heterocycles. The summed E-state index contributed by atoms with van der Waals surface area (Å²) in [4.78, 5) is 14.0. The second-order valence-corrected chi connectivity index (χ2v) is 7.53. The first-order valence-corrected chi connectivity index (χ1v) is 9.52. The highest BCUT2D eigenvalue weighted by molar-refractivity contribution is 5.76. The minimum absolute atomic E-state index is 0.315. The number of allylic oxidation sites excluding steroid dienone is 2. The van der Waals surface area contributed by atoms with Gasteiger partial charge in [-0.2, -0.15) is 0 Å². The third-order valence-electron chi connectivity index (χ3n) is 4.82. The van der Waals surface area contributed by atoms with Gasteiger partial charge in [0.15, 0.2) is 0 Å². The van der Waals surface area contributed by atoms with Crippen LogP contribution in [0.2, 0.25) is 0 Å². The fourth-order valence-electron chi connectivity index (χ4n) is 3.18. The average Bonchev–Trinajstić information content (AvgIpc) is 2.55. The Kier molecular flexibility index (Phi) is 10.3. The van der Waals surface area contributed by atoms with Gasteiger partial charge in [0.25, 0.3) is 0 Å². The third-order valence-corrected chi connectivity index (χ3v) is 4.82. The second kappa shape index (κ2) is 11.7. The number of hydrogen-bond donors (Lipinski definition) is 0. The van der Waals surface area contributed by atoms with Crippen LogP contribution in [0.25, 0.3) is 0 Å². The number of carbonyl (C=O) groups excluding carboxylic acids is 1. The van der Waals surface area contributed by atoms with Crippen LogP contribution in [-0.2, 0) is 9.53 Å². The van der Waals surface area contributed by atoms with Crippen molar-refractivity contribution in [1.82, 2.24) is 4.90 Å². The van der Waals surface area contributed by atoms with Crippen molar-refractivity contribution in [2.24, 2.45) is 5.41 Å². The van der Waals surface area contributed by atoms with Gasteiger partial charge in [-0.1, -0.05) is 45.3 Å². The lowest BCUT2D eigenvalue weighted by Gasteiger charge is -2.27. The topological polar surface area (TPSA) is 29.5 Å². The molecule has 23 heavy (non-hydrogen) atoms. The van der Waals surface area contributed by atoms with Gasteiger partial charge in [0, 0.05) is 19.5 Å². The van der Waals surface area contributed by atoms with Gasteiger partial charge in [-0.3, -0.25) is 4.79 Å². The van der Waals surface area contributed by atoms with Crippen LogP contribution in [0.1, 0.15) is 78.6 Å². The molecule has 0 N–H and O–H groups in total. The van der Waals surface area contributed by atoms with Crippen LogP contribution in [0.3, 0.4) is 0 Å². The van der Waals surface area contributed by atoms with E-state index in [2.05, 4.69) is 32.9 Å². The van der Waals surface area contributed by atoms with Gasteiger partial charge in [-0.25, -0.2) is 0 Å². The fourth-order valence-corrected chi connectivity index (χ4v) is 3.18. The standard InChI is InChI=1S/C20H37NO2/c1-4-5-6-7-8-10-13-20(2,3)14-11-9-12-19(22)21-15-17-23-18-16-21/h4-5H,6-18H2,1-3H3/b5-4+. The zero-order valence-corrected chi connectivity index (χ0v) is 15.6. The van der Waals surface area contributed by atoms with Crippen molar-refractivity contribution in [2.45, 2.75) is 78.6 Å². The van der Waals surface area contributed by atoms with Gasteiger partial charge >= 0.3 is 0 Å². The van der Waals surface area contributed by atoms with Crippen molar-refractivity contribution in [3.8, 4) is 0 Å². The molecule has 0 spiro atoms. The Morgan fingerprint density at radius 2 is 1.70 bits per heavy atom. The molecule has 0 aromatic heterocycles. The first-order chi connectivity index (χ1) is 11.0. The molecule has 0 unspecified atom stereocenters. The van der Waals surface area contributed by atoms with Crippen LogP contribution < -0.4 is 0 Å². The summed E-state index contributed by atoms with van der Waals surface area (Å²) in [5.74, 6) is 0.315. The van der Waals surface area contributed by atoms with Gasteiger partial charge in [0.1, 0.15) is 0 Å². The summed E-state index contributed by atoms with van der Waals surface area (Å²) in [5, 5.41) is 0. The molecule has 0 aliphatic carbocycles. The van der Waals surface area contributed by atoms with E-state index in [1.54, 1.807) is 0 Å². The molecular weight excluding hydrogens is 286 g/mol. The first kappa shape index (κ1) is 20.2. The SMILES string of the molecule is C/C=C/CCCCCC(C)(C)CCCCC(=O)N1CCOCC1. The number of ether oxygens (including phenoxy) is 1. The number of hydrogen-bond acceptors (Lipinski definition) is 2. The maximum atomic E-state index is 12.1. The number of nitrogens with zero attached hydrogens (tertiary/aromatic N) is 1. The fraction of sp³-hybridized carbons (Fsp3) is 0.850. The summed E-state index contributed by atoms with van der Waals surface area (Å²) in [5.41, 5.74) is 0.419. The first-order valence-electron chi connectivity index (χ1n) is 9.52. The van der Waals surface area contributed by atoms with Crippen LogP contribution >= 0.6 is 0 Å². The molecule has 1 aliphatic rings. The zero-order chi connectivity index (χ0) is 17.0. The number of amides is 1. The van der Waals surface area contributed by atoms with Crippen LogP contribution in [0.5, 0.6) is 0 Å². The summed E-state index contributed by atoms with van der Waals surface area (Å²) >= 11 is 0. The molecule has 0 bridgehead atoms. The monoisotopic (exact) mass is 323 g/mol. The van der Waals surface area contributed by atoms with E-state index < -0.39 is 0 Å². The van der Waals surface area contributed by atoms with Crippen LogP contribution in [0.4, 0.5) is 0 Å². The normalized spacial score (nSPS) is 16.2. The highest BCUT2D eigenvalue weighted by Gasteiger charge is 2.19. The number of carbonyl (C=O) groups is 1. The van der Waals surface area contributed by atoms with Crippen molar-refractivity contribution in [3.05, 3.63) is 12.2 Å². The third kappa shape index (κ3) is 9.80. The van der Waals surface area contributed by atoms with Crippen LogP contribution in [0, 0.1) is 5.41 Å². The molecule has 1 amide bonds. The molecule has 1 saturated heterocycles. The van der Waals surface area contributed by atoms with E-state index >= 15 is 0 Å². The average molecular weight is 324 g/mol. The van der Waals surface area contributed by atoms with E-state index in [4.69, 9.17) is 4.74 Å². The van der Waals surface area contributed by atoms with Gasteiger partial charge < -0.3 is 9.64 Å². The Bertz CT molecular complexity index is 344. The van der Waals surface area contributed by atoms with E-state index in [0.717, 1.165) is 19.5 Å². The Labute approximate surface area is 143 Å². The van der Waals surface area contributed by atoms with E-state index in [1.807, 2.05) is 4.90 Å². The highest BCUT2D eigenvalue weighted by Crippen LogP contribution is 2.30. The predicted octanol–water partition coefficient (Wildman–Crippen LogP) is 4.96. The van der Waals surface area contributed by atoms with Gasteiger partial charge in [0.05, 0.1) is 13.2 Å². The summed E-state index contributed by atoms with van der Waals surface area (Å²) in [6.45, 7) is 9.80. The maximum absolute atomic E-state index is 12.1. The maximum Gasteiger partial charge on any atom is 0.222 e. The largest absolute Gasteiger partial charge is 0.378 e. The number of unbranched alkanes of at least 4 members (excludes halogenated alkanes) is 4. The number of morpholine rings is 1. The predicted molar refractivity (Wildman–Crippen MR) is 97.5 cm³/mol. The highest BCUT2D eigenvalue weighted by atomic mass is 16.5. The van der Waals surface area contributed by atoms with Crippen LogP contribution in [0.15, 0.2) is 12.2 Å². The minimum Gasteiger partial charge on any atom is -0.378 e. The molecule has 0 radical (unpaired) electrons. The van der Waals surface area contributed by atoms with E-state index in [-0.39, 0.29) is 0 Å². The lowest BCUT2D eigenvalue weighted by molar-refractivity contribution is -0.135. The second-order valence-electron chi connectivity index (χ2n) is 7.53. The van der Waals surface area contributed by atoms with E-state index in [1.165, 1.54) is 44.9 Å². The van der Waals surface area contributed by atoms with Crippen molar-refractivity contribution in [1.29, 1.82) is 0 Å². The Balaban J connectivity index is 2.04. The quantitative estimate of drug-likeness (QED) is 0.397. The number of rotatable bonds is 11. The molecule has 0 aromatic rings. The molecule has 1 rings (SSSR count). The van der Waals surface area contributed by atoms with Crippen molar-refractivity contribution in [3.63, 3.8) is 0 Å². The van der Waals surface area contributed by atoms with E-state index in [0.29, 0.717) is 31.0 Å². The molecule has 0 aromatic carbocycles. The van der Waals surface area contributed by atoms with Crippen molar-refractivity contribution < 1.29 is 9.53 Å². The molecule has 1 aliphatic heterocycles. The molecule has 3 nitrogen and oxygen atoms in total. The summed E-state index contributed by atoms with van der Waals surface area (Å²) in [7, 11) is 0. The molecule has 134 valence electrons. The van der Waals surface area contributed by atoms with Gasteiger partial charge in [-0.05, 0) is 44.4 Å². The minimum atomic E-state index is 0.315. The van der Waals surface area contributed by atoms with Gasteiger partial charge in [-0.15, -0.1) is 0 Å². The summed E-state index contributed by atoms with van der Waals surface area (Å²) in [6, 6.07) is 0. The lowest BCUT2D eigenvalue weighted by atomic mass is 9.82. The Morgan fingerprint density at radius 1 is 1.04 bits per heavy atom. The summed E-state index contributed by atoms with van der Waals surface area (Å²) < 4.78 is 5.29. The Morgan fingerprint density at radius 3 is 2.35 bits per heavy atom. The lowest BCUT2D eigenvalue weighted by Crippen LogP contribution is -2.40. The summed E-state index contributed by atoms with van der Waals surface area (Å²) in [6.07, 6.45) is 15.1. The smallest absolute Gasteiger partial charge is 0.222 e. The van der Waals surface area contributed by atoms with Gasteiger partial charge in [0.2, 0.25) is 5.91 Å². The molecule has 0 saturated carbocycles. The molecule has 0 atom stereocenters. The molecule has 1 fully saturated rings. The molecular formula is C20H37NO2. The zero-order valence-electron chi connectivity index (χ0n) is 15.6. The Hall–Kier alpha value is -0.830.